The van der Waals surface area contributed by atoms with Crippen molar-refractivity contribution in [2.24, 2.45) is 0 Å². The van der Waals surface area contributed by atoms with E-state index in [4.69, 9.17) is 16.0 Å². The molecule has 0 aliphatic carbocycles. The summed E-state index contributed by atoms with van der Waals surface area (Å²) in [7, 11) is 0. The Morgan fingerprint density at radius 2 is 2.05 bits per heavy atom. The SMILES string of the molecule is ClC(Cc1nc2ccccc2o1)c1cc(Br)ccc1I. The molecule has 0 fully saturated rings. The zero-order valence-electron chi connectivity index (χ0n) is 10.3. The summed E-state index contributed by atoms with van der Waals surface area (Å²) in [6.07, 6.45) is 0.572. The summed E-state index contributed by atoms with van der Waals surface area (Å²) in [5, 5.41) is -0.160. The minimum absolute atomic E-state index is 0.160. The fourth-order valence-electron chi connectivity index (χ4n) is 2.03. The lowest BCUT2D eigenvalue weighted by atomic mass is 10.1. The van der Waals surface area contributed by atoms with Crippen molar-refractivity contribution in [3.63, 3.8) is 0 Å². The van der Waals surface area contributed by atoms with Crippen molar-refractivity contribution in [1.29, 1.82) is 0 Å². The van der Waals surface area contributed by atoms with Crippen molar-refractivity contribution in [3.05, 3.63) is 62.0 Å². The Hall–Kier alpha value is -0.590. The molecule has 1 aromatic heterocycles. The Morgan fingerprint density at radius 3 is 2.85 bits per heavy atom. The first-order valence-corrected chi connectivity index (χ1v) is 8.38. The molecule has 5 heteroatoms. The number of rotatable bonds is 3. The second-order valence-electron chi connectivity index (χ2n) is 4.41. The highest BCUT2D eigenvalue weighted by atomic mass is 127. The fourth-order valence-corrected chi connectivity index (χ4v) is 3.61. The molecule has 0 aliphatic rings. The molecule has 0 saturated carbocycles. The van der Waals surface area contributed by atoms with Crippen LogP contribution in [0.5, 0.6) is 0 Å². The largest absolute Gasteiger partial charge is 0.441 e. The molecule has 3 aromatic rings. The Bertz CT molecular complexity index is 725. The average Bonchev–Trinajstić information content (AvgIpc) is 2.83. The van der Waals surface area contributed by atoms with E-state index in [0.717, 1.165) is 24.7 Å². The van der Waals surface area contributed by atoms with Crippen LogP contribution in [0.1, 0.15) is 16.8 Å². The highest BCUT2D eigenvalue weighted by molar-refractivity contribution is 14.1. The van der Waals surface area contributed by atoms with Crippen molar-refractivity contribution in [2.45, 2.75) is 11.8 Å². The molecule has 1 atom stereocenters. The molecule has 1 unspecified atom stereocenters. The van der Waals surface area contributed by atoms with Crippen molar-refractivity contribution in [3.8, 4) is 0 Å². The molecule has 102 valence electrons. The number of benzene rings is 2. The lowest BCUT2D eigenvalue weighted by molar-refractivity contribution is 0.525. The summed E-state index contributed by atoms with van der Waals surface area (Å²) >= 11 is 12.3. The van der Waals surface area contributed by atoms with Crippen molar-refractivity contribution in [1.82, 2.24) is 4.98 Å². The van der Waals surface area contributed by atoms with E-state index in [-0.39, 0.29) is 5.38 Å². The van der Waals surface area contributed by atoms with Crippen LogP contribution in [-0.4, -0.2) is 4.98 Å². The molecular formula is C15H10BrClINO. The van der Waals surface area contributed by atoms with E-state index in [1.54, 1.807) is 0 Å². The molecule has 0 saturated heterocycles. The third kappa shape index (κ3) is 3.02. The van der Waals surface area contributed by atoms with E-state index in [0.29, 0.717) is 12.3 Å². The first kappa shape index (κ1) is 14.4. The lowest BCUT2D eigenvalue weighted by Gasteiger charge is -2.10. The van der Waals surface area contributed by atoms with Crippen molar-refractivity contribution >= 4 is 61.2 Å². The molecule has 0 spiro atoms. The van der Waals surface area contributed by atoms with Gasteiger partial charge in [0, 0.05) is 14.5 Å². The number of nitrogens with zero attached hydrogens (tertiary/aromatic N) is 1. The zero-order chi connectivity index (χ0) is 14.1. The fraction of sp³-hybridized carbons (Fsp3) is 0.133. The van der Waals surface area contributed by atoms with Gasteiger partial charge in [0.1, 0.15) is 5.52 Å². The number of halogens is 3. The van der Waals surface area contributed by atoms with E-state index in [2.05, 4.69) is 43.5 Å². The number of fused-ring (bicyclic) bond motifs is 1. The van der Waals surface area contributed by atoms with E-state index in [1.807, 2.05) is 42.5 Å². The molecular weight excluding hydrogens is 452 g/mol. The van der Waals surface area contributed by atoms with Crippen molar-refractivity contribution < 1.29 is 4.42 Å². The summed E-state index contributed by atoms with van der Waals surface area (Å²) in [5.74, 6) is 0.668. The van der Waals surface area contributed by atoms with Gasteiger partial charge in [-0.2, -0.15) is 0 Å². The van der Waals surface area contributed by atoms with Gasteiger partial charge < -0.3 is 4.42 Å². The summed E-state index contributed by atoms with van der Waals surface area (Å²) in [5.41, 5.74) is 2.76. The van der Waals surface area contributed by atoms with Gasteiger partial charge in [-0.25, -0.2) is 4.98 Å². The van der Waals surface area contributed by atoms with Gasteiger partial charge in [0.2, 0.25) is 0 Å². The predicted octanol–water partition coefficient (Wildman–Crippen LogP) is 5.72. The Kier molecular flexibility index (Phi) is 4.33. The first-order valence-electron chi connectivity index (χ1n) is 6.07. The van der Waals surface area contributed by atoms with Gasteiger partial charge in [0.15, 0.2) is 11.5 Å². The van der Waals surface area contributed by atoms with E-state index in [1.165, 1.54) is 0 Å². The zero-order valence-corrected chi connectivity index (χ0v) is 14.8. The predicted molar refractivity (Wildman–Crippen MR) is 93.2 cm³/mol. The van der Waals surface area contributed by atoms with Gasteiger partial charge in [0.25, 0.3) is 0 Å². The number of hydrogen-bond donors (Lipinski definition) is 0. The van der Waals surface area contributed by atoms with Crippen LogP contribution in [0.4, 0.5) is 0 Å². The van der Waals surface area contributed by atoms with Gasteiger partial charge in [0.05, 0.1) is 5.38 Å². The molecule has 0 amide bonds. The van der Waals surface area contributed by atoms with Crippen LogP contribution in [0.25, 0.3) is 11.1 Å². The average molecular weight is 463 g/mol. The lowest BCUT2D eigenvalue weighted by Crippen LogP contribution is -1.98. The molecule has 0 aliphatic heterocycles. The number of alkyl halides is 1. The number of oxazole rings is 1. The highest BCUT2D eigenvalue weighted by Gasteiger charge is 2.16. The molecule has 1 heterocycles. The second-order valence-corrected chi connectivity index (χ2v) is 7.02. The van der Waals surface area contributed by atoms with Crippen LogP contribution >= 0.6 is 50.1 Å². The normalized spacial score (nSPS) is 12.8. The monoisotopic (exact) mass is 461 g/mol. The van der Waals surface area contributed by atoms with Crippen molar-refractivity contribution in [2.75, 3.05) is 0 Å². The van der Waals surface area contributed by atoms with Gasteiger partial charge in [-0.1, -0.05) is 28.1 Å². The van der Waals surface area contributed by atoms with Crippen LogP contribution < -0.4 is 0 Å². The Morgan fingerprint density at radius 1 is 1.25 bits per heavy atom. The number of hydrogen-bond acceptors (Lipinski definition) is 2. The van der Waals surface area contributed by atoms with Crippen LogP contribution in [0.2, 0.25) is 0 Å². The minimum Gasteiger partial charge on any atom is -0.441 e. The molecule has 0 radical (unpaired) electrons. The van der Waals surface area contributed by atoms with E-state index >= 15 is 0 Å². The van der Waals surface area contributed by atoms with Gasteiger partial charge in [-0.05, 0) is 58.5 Å². The summed E-state index contributed by atoms with van der Waals surface area (Å²) < 4.78 is 7.89. The van der Waals surface area contributed by atoms with Crippen LogP contribution in [0.15, 0.2) is 51.4 Å². The third-order valence-corrected chi connectivity index (χ3v) is 4.85. The molecule has 0 bridgehead atoms. The van der Waals surface area contributed by atoms with Crippen LogP contribution in [0, 0.1) is 3.57 Å². The maximum absolute atomic E-state index is 6.52. The molecule has 20 heavy (non-hydrogen) atoms. The minimum atomic E-state index is -0.160. The summed E-state index contributed by atoms with van der Waals surface area (Å²) in [6.45, 7) is 0. The maximum Gasteiger partial charge on any atom is 0.197 e. The van der Waals surface area contributed by atoms with Gasteiger partial charge in [-0.3, -0.25) is 0 Å². The topological polar surface area (TPSA) is 26.0 Å². The Labute approximate surface area is 143 Å². The Balaban J connectivity index is 1.88. The maximum atomic E-state index is 6.52. The molecule has 3 rings (SSSR count). The van der Waals surface area contributed by atoms with Gasteiger partial charge >= 0.3 is 0 Å². The van der Waals surface area contributed by atoms with Gasteiger partial charge in [-0.15, -0.1) is 11.6 Å². The quantitative estimate of drug-likeness (QED) is 0.368. The van der Waals surface area contributed by atoms with Crippen LogP contribution in [0.3, 0.4) is 0 Å². The second kappa shape index (κ2) is 6.03. The summed E-state index contributed by atoms with van der Waals surface area (Å²) in [4.78, 5) is 4.47. The molecule has 0 N–H and O–H groups in total. The molecule has 2 nitrogen and oxygen atoms in total. The first-order chi connectivity index (χ1) is 9.63. The van der Waals surface area contributed by atoms with Crippen LogP contribution in [-0.2, 0) is 6.42 Å². The number of aromatic nitrogens is 1. The highest BCUT2D eigenvalue weighted by Crippen LogP contribution is 2.31. The van der Waals surface area contributed by atoms with E-state index in [9.17, 15) is 0 Å². The third-order valence-electron chi connectivity index (χ3n) is 2.99. The van der Waals surface area contributed by atoms with E-state index < -0.39 is 0 Å². The smallest absolute Gasteiger partial charge is 0.197 e. The molecule has 2 aromatic carbocycles. The standard InChI is InChI=1S/C15H10BrClINO/c16-9-5-6-12(18)10(7-9)11(17)8-15-19-13-3-1-2-4-14(13)20-15/h1-7,11H,8H2. The summed E-state index contributed by atoms with van der Waals surface area (Å²) in [6, 6.07) is 13.8. The number of para-hydroxylation sites is 2.